The van der Waals surface area contributed by atoms with Gasteiger partial charge in [0.1, 0.15) is 4.91 Å². The molecule has 0 atom stereocenters. The smallest absolute Gasteiger partial charge is 0.281 e. The Bertz CT molecular complexity index is 259. The first-order chi connectivity index (χ1) is 8.52. The van der Waals surface area contributed by atoms with Crippen LogP contribution in [0.5, 0.6) is 0 Å². The third-order valence-electron chi connectivity index (χ3n) is 1.93. The highest BCUT2D eigenvalue weighted by atomic mass is 35.5. The van der Waals surface area contributed by atoms with Crippen molar-refractivity contribution in [1.29, 1.82) is 0 Å². The molecule has 0 rings (SSSR count). The average molecular weight is 301 g/mol. The van der Waals surface area contributed by atoms with Gasteiger partial charge in [-0.05, 0) is 48.9 Å². The second kappa shape index (κ2) is 11.2. The fourth-order valence-electron chi connectivity index (χ4n) is 1.05. The molecule has 0 heterocycles. The molecule has 0 aromatic rings. The van der Waals surface area contributed by atoms with E-state index in [0.717, 1.165) is 0 Å². The minimum atomic E-state index is -0.404. The predicted molar refractivity (Wildman–Crippen MR) is 65.0 cm³/mol. The zero-order valence-electron chi connectivity index (χ0n) is 9.90. The lowest BCUT2D eigenvalue weighted by Gasteiger charge is -1.95. The zero-order valence-corrected chi connectivity index (χ0v) is 11.4. The molecule has 0 saturated carbocycles. The van der Waals surface area contributed by atoms with E-state index in [-0.39, 0.29) is 31.1 Å². The van der Waals surface area contributed by atoms with Gasteiger partial charge in [0.05, 0.1) is 0 Å². The monoisotopic (exact) mass is 300 g/mol. The summed E-state index contributed by atoms with van der Waals surface area (Å²) in [6.45, 7) is 0.321. The lowest BCUT2D eigenvalue weighted by atomic mass is 10.3. The minimum Gasteiger partial charge on any atom is -0.281 e. The molecule has 18 heavy (non-hydrogen) atoms. The molecule has 0 unspecified atom stereocenters. The zero-order chi connectivity index (χ0) is 13.8. The van der Waals surface area contributed by atoms with Crippen molar-refractivity contribution in [3.05, 3.63) is 4.91 Å². The van der Waals surface area contributed by atoms with Crippen LogP contribution in [0.2, 0.25) is 0 Å². The molecule has 0 fully saturated rings. The van der Waals surface area contributed by atoms with Gasteiger partial charge in [0, 0.05) is 12.8 Å². The number of nitrogens with zero attached hydrogens (tertiary/aromatic N) is 1. The maximum Gasteiger partial charge on any atom is 0.477 e. The van der Waals surface area contributed by atoms with E-state index in [0.29, 0.717) is 25.7 Å². The molecule has 0 bridgehead atoms. The number of rotatable bonds is 12. The van der Waals surface area contributed by atoms with Gasteiger partial charge in [0.2, 0.25) is 10.5 Å². The van der Waals surface area contributed by atoms with Crippen LogP contribution in [0.25, 0.3) is 0 Å². The van der Waals surface area contributed by atoms with Gasteiger partial charge in [-0.15, -0.1) is 0 Å². The molecule has 104 valence electrons. The number of carbonyl (C=O) groups excluding carboxylic acids is 2. The fraction of sp³-hybridized carbons (Fsp3) is 0.800. The fourth-order valence-corrected chi connectivity index (χ4v) is 1.31. The summed E-state index contributed by atoms with van der Waals surface area (Å²) in [4.78, 5) is 41.0. The van der Waals surface area contributed by atoms with E-state index in [1.807, 2.05) is 0 Å². The first kappa shape index (κ1) is 17.1. The van der Waals surface area contributed by atoms with Gasteiger partial charge < -0.3 is 0 Å². The minimum absolute atomic E-state index is 0.0328. The first-order valence-electron chi connectivity index (χ1n) is 5.62. The SMILES string of the molecule is O=C(Cl)CCCCO[N+](=O)OCCCCC(=O)Cl. The molecular formula is C10H16Cl2NO5+. The van der Waals surface area contributed by atoms with Gasteiger partial charge >= 0.3 is 5.09 Å². The largest absolute Gasteiger partial charge is 0.477 e. The number of hydrogen-bond acceptors (Lipinski definition) is 5. The summed E-state index contributed by atoms with van der Waals surface area (Å²) in [5.41, 5.74) is 0. The van der Waals surface area contributed by atoms with Crippen LogP contribution < -0.4 is 0 Å². The van der Waals surface area contributed by atoms with E-state index in [1.165, 1.54) is 0 Å². The summed E-state index contributed by atoms with van der Waals surface area (Å²) in [5.74, 6) is 0. The van der Waals surface area contributed by atoms with Crippen molar-refractivity contribution in [1.82, 2.24) is 0 Å². The third-order valence-corrected chi connectivity index (χ3v) is 2.31. The standard InChI is InChI=1S/C10H16Cl2NO5/c11-9(14)5-1-3-7-17-13(16)18-8-4-2-6-10(12)15/h1-8H2/q+1. The molecule has 0 radical (unpaired) electrons. The van der Waals surface area contributed by atoms with Crippen LogP contribution in [0.4, 0.5) is 0 Å². The number of hydrogen-bond donors (Lipinski definition) is 0. The number of unbranched alkanes of at least 4 members (excludes halogenated alkanes) is 2. The highest BCUT2D eigenvalue weighted by Gasteiger charge is 2.11. The Balaban J connectivity index is 3.27. The molecule has 0 spiro atoms. The van der Waals surface area contributed by atoms with Crippen LogP contribution in [-0.4, -0.2) is 28.8 Å². The van der Waals surface area contributed by atoms with Crippen LogP contribution >= 0.6 is 23.2 Å². The molecular weight excluding hydrogens is 285 g/mol. The Hall–Kier alpha value is -0.880. The van der Waals surface area contributed by atoms with E-state index in [2.05, 4.69) is 9.68 Å². The second-order valence-corrected chi connectivity index (χ2v) is 4.36. The van der Waals surface area contributed by atoms with Gasteiger partial charge in [-0.25, -0.2) is 0 Å². The van der Waals surface area contributed by atoms with E-state index in [1.54, 1.807) is 0 Å². The Morgan fingerprint density at radius 3 is 1.56 bits per heavy atom. The van der Waals surface area contributed by atoms with Crippen molar-refractivity contribution in [3.63, 3.8) is 0 Å². The summed E-state index contributed by atoms with van der Waals surface area (Å²) in [5, 5.41) is -0.775. The van der Waals surface area contributed by atoms with Crippen LogP contribution in [-0.2, 0) is 19.3 Å². The summed E-state index contributed by atoms with van der Waals surface area (Å²) in [6.07, 6.45) is 2.73. The highest BCUT2D eigenvalue weighted by Crippen LogP contribution is 2.01. The maximum absolute atomic E-state index is 10.9. The Morgan fingerprint density at radius 2 is 1.22 bits per heavy atom. The topological polar surface area (TPSA) is 72.7 Å². The van der Waals surface area contributed by atoms with E-state index < -0.39 is 10.5 Å². The van der Waals surface area contributed by atoms with Crippen molar-refractivity contribution >= 4 is 33.7 Å². The molecule has 0 aliphatic rings. The molecule has 6 nitrogen and oxygen atoms in total. The summed E-state index contributed by atoms with van der Waals surface area (Å²) < 4.78 is 0. The van der Waals surface area contributed by atoms with Crippen LogP contribution in [0, 0.1) is 4.91 Å². The lowest BCUT2D eigenvalue weighted by molar-refractivity contribution is -0.981. The van der Waals surface area contributed by atoms with E-state index >= 15 is 0 Å². The number of halogens is 2. The first-order valence-corrected chi connectivity index (χ1v) is 6.37. The van der Waals surface area contributed by atoms with E-state index in [9.17, 15) is 14.5 Å². The van der Waals surface area contributed by atoms with Gasteiger partial charge in [0.25, 0.3) is 0 Å². The van der Waals surface area contributed by atoms with E-state index in [4.69, 9.17) is 23.2 Å². The average Bonchev–Trinajstić information content (AvgIpc) is 2.27. The van der Waals surface area contributed by atoms with Crippen molar-refractivity contribution < 1.29 is 24.4 Å². The van der Waals surface area contributed by atoms with Crippen molar-refractivity contribution in [2.24, 2.45) is 0 Å². The summed E-state index contributed by atoms with van der Waals surface area (Å²) in [7, 11) is 0. The lowest BCUT2D eigenvalue weighted by Crippen LogP contribution is -2.12. The summed E-state index contributed by atoms with van der Waals surface area (Å²) >= 11 is 10.3. The van der Waals surface area contributed by atoms with Crippen LogP contribution in [0.3, 0.4) is 0 Å². The number of carbonyl (C=O) groups is 2. The van der Waals surface area contributed by atoms with Gasteiger partial charge in [-0.1, -0.05) is 0 Å². The van der Waals surface area contributed by atoms with Gasteiger partial charge in [-0.2, -0.15) is 9.68 Å². The molecule has 0 aromatic carbocycles. The van der Waals surface area contributed by atoms with Gasteiger partial charge in [0.15, 0.2) is 13.2 Å². The molecule has 0 amide bonds. The molecule has 0 N–H and O–H groups in total. The Kier molecular flexibility index (Phi) is 10.7. The quantitative estimate of drug-likeness (QED) is 0.314. The molecule has 8 heteroatoms. The van der Waals surface area contributed by atoms with Crippen molar-refractivity contribution in [2.45, 2.75) is 38.5 Å². The predicted octanol–water partition coefficient (Wildman–Crippen LogP) is 2.50. The molecule has 0 aliphatic carbocycles. The van der Waals surface area contributed by atoms with Crippen molar-refractivity contribution in [3.8, 4) is 0 Å². The molecule has 0 aromatic heterocycles. The maximum atomic E-state index is 10.9. The molecule has 0 aliphatic heterocycles. The molecule has 0 saturated heterocycles. The summed E-state index contributed by atoms with van der Waals surface area (Å²) in [6, 6.07) is 0. The van der Waals surface area contributed by atoms with Gasteiger partial charge in [-0.3, -0.25) is 9.59 Å². The third kappa shape index (κ3) is 13.2. The normalized spacial score (nSPS) is 9.89. The van der Waals surface area contributed by atoms with Crippen molar-refractivity contribution in [2.75, 3.05) is 13.2 Å². The second-order valence-electron chi connectivity index (χ2n) is 3.51. The Morgan fingerprint density at radius 1 is 0.833 bits per heavy atom. The Labute approximate surface area is 115 Å². The highest BCUT2D eigenvalue weighted by molar-refractivity contribution is 6.63. The van der Waals surface area contributed by atoms with Crippen LogP contribution in [0.15, 0.2) is 0 Å². The van der Waals surface area contributed by atoms with Crippen LogP contribution in [0.1, 0.15) is 38.5 Å².